The summed E-state index contributed by atoms with van der Waals surface area (Å²) in [5.41, 5.74) is 0.705. The number of amides is 1. The number of sulfonamides is 1. The number of hydrogen-bond acceptors (Lipinski definition) is 4. The van der Waals surface area contributed by atoms with E-state index >= 15 is 0 Å². The SMILES string of the molecule is COc1ccc(C)cc1S(=O)(=O)N(C)CC(=O)Nc1ccc(Br)cc1F. The second-order valence-electron chi connectivity index (χ2n) is 5.59. The lowest BCUT2D eigenvalue weighted by Gasteiger charge is -2.19. The molecule has 1 amide bonds. The molecule has 0 aliphatic rings. The molecular formula is C17H18BrFN2O4S. The van der Waals surface area contributed by atoms with Crippen molar-refractivity contribution in [2.24, 2.45) is 0 Å². The zero-order valence-electron chi connectivity index (χ0n) is 14.4. The Bertz CT molecular complexity index is 934. The molecule has 0 aromatic heterocycles. The summed E-state index contributed by atoms with van der Waals surface area (Å²) < 4.78 is 45.8. The normalized spacial score (nSPS) is 11.5. The minimum absolute atomic E-state index is 0.0304. The van der Waals surface area contributed by atoms with Crippen LogP contribution in [0.25, 0.3) is 0 Å². The van der Waals surface area contributed by atoms with Crippen molar-refractivity contribution in [2.45, 2.75) is 11.8 Å². The number of nitrogens with one attached hydrogen (secondary N) is 1. The summed E-state index contributed by atoms with van der Waals surface area (Å²) in [6.45, 7) is 1.27. The van der Waals surface area contributed by atoms with Crippen molar-refractivity contribution in [3.63, 3.8) is 0 Å². The number of methoxy groups -OCH3 is 1. The van der Waals surface area contributed by atoms with Gasteiger partial charge in [-0.1, -0.05) is 22.0 Å². The molecule has 0 fully saturated rings. The van der Waals surface area contributed by atoms with Crippen molar-refractivity contribution in [1.29, 1.82) is 0 Å². The van der Waals surface area contributed by atoms with Crippen LogP contribution in [-0.4, -0.2) is 39.3 Å². The van der Waals surface area contributed by atoms with Crippen LogP contribution in [0.5, 0.6) is 5.75 Å². The van der Waals surface area contributed by atoms with E-state index in [9.17, 15) is 17.6 Å². The van der Waals surface area contributed by atoms with Crippen molar-refractivity contribution in [3.8, 4) is 5.75 Å². The number of carbonyl (C=O) groups excluding carboxylic acids is 1. The van der Waals surface area contributed by atoms with Gasteiger partial charge in [-0.2, -0.15) is 4.31 Å². The van der Waals surface area contributed by atoms with Crippen LogP contribution >= 0.6 is 15.9 Å². The van der Waals surface area contributed by atoms with Crippen molar-refractivity contribution >= 4 is 37.5 Å². The van der Waals surface area contributed by atoms with E-state index in [0.29, 0.717) is 4.47 Å². The Balaban J connectivity index is 2.19. The van der Waals surface area contributed by atoms with Crippen LogP contribution in [0.15, 0.2) is 45.8 Å². The standard InChI is InChI=1S/C17H18BrFN2O4S/c1-11-4-7-15(25-3)16(8-11)26(23,24)21(2)10-17(22)20-14-6-5-12(18)9-13(14)19/h4-9H,10H2,1-3H3,(H,20,22). The zero-order chi connectivity index (χ0) is 19.5. The maximum atomic E-state index is 13.8. The van der Waals surface area contributed by atoms with Crippen LogP contribution in [0.3, 0.4) is 0 Å². The van der Waals surface area contributed by atoms with Gasteiger partial charge in [-0.3, -0.25) is 4.79 Å². The first-order valence-corrected chi connectivity index (χ1v) is 9.74. The molecule has 6 nitrogen and oxygen atoms in total. The van der Waals surface area contributed by atoms with Crippen LogP contribution in [-0.2, 0) is 14.8 Å². The molecule has 0 heterocycles. The highest BCUT2D eigenvalue weighted by atomic mass is 79.9. The summed E-state index contributed by atoms with van der Waals surface area (Å²) in [5, 5.41) is 2.36. The Hall–Kier alpha value is -1.97. The molecule has 26 heavy (non-hydrogen) atoms. The number of carbonyl (C=O) groups is 1. The molecule has 2 aromatic rings. The molecule has 140 valence electrons. The maximum Gasteiger partial charge on any atom is 0.246 e. The van der Waals surface area contributed by atoms with Crippen LogP contribution in [0, 0.1) is 12.7 Å². The number of benzene rings is 2. The predicted octanol–water partition coefficient (Wildman–Crippen LogP) is 3.16. The Kier molecular flexibility index (Phi) is 6.38. The molecular weight excluding hydrogens is 427 g/mol. The van der Waals surface area contributed by atoms with Crippen LogP contribution in [0.4, 0.5) is 10.1 Å². The quantitative estimate of drug-likeness (QED) is 0.742. The molecule has 0 spiro atoms. The number of hydrogen-bond donors (Lipinski definition) is 1. The molecule has 0 aliphatic carbocycles. The Morgan fingerprint density at radius 1 is 1.27 bits per heavy atom. The van der Waals surface area contributed by atoms with Gasteiger partial charge in [-0.15, -0.1) is 0 Å². The summed E-state index contributed by atoms with van der Waals surface area (Å²) in [6.07, 6.45) is 0. The summed E-state index contributed by atoms with van der Waals surface area (Å²) >= 11 is 3.12. The molecule has 0 unspecified atom stereocenters. The smallest absolute Gasteiger partial charge is 0.246 e. The van der Waals surface area contributed by atoms with Gasteiger partial charge in [0.2, 0.25) is 15.9 Å². The molecule has 0 aliphatic heterocycles. The molecule has 1 N–H and O–H groups in total. The summed E-state index contributed by atoms with van der Waals surface area (Å²) in [5.74, 6) is -1.11. The molecule has 0 radical (unpaired) electrons. The number of nitrogens with zero attached hydrogens (tertiary/aromatic N) is 1. The van der Waals surface area contributed by atoms with Gasteiger partial charge < -0.3 is 10.1 Å². The fourth-order valence-electron chi connectivity index (χ4n) is 2.22. The molecule has 2 aromatic carbocycles. The Morgan fingerprint density at radius 2 is 1.96 bits per heavy atom. The molecule has 0 atom stereocenters. The third-order valence-electron chi connectivity index (χ3n) is 3.58. The van der Waals surface area contributed by atoms with Gasteiger partial charge in [-0.25, -0.2) is 12.8 Å². The van der Waals surface area contributed by atoms with Gasteiger partial charge in [-0.05, 0) is 42.8 Å². The first kappa shape index (κ1) is 20.3. The molecule has 2 rings (SSSR count). The average Bonchev–Trinajstić information content (AvgIpc) is 2.57. The van der Waals surface area contributed by atoms with E-state index in [-0.39, 0.29) is 16.3 Å². The number of ether oxygens (including phenoxy) is 1. The third kappa shape index (κ3) is 4.60. The monoisotopic (exact) mass is 444 g/mol. The highest BCUT2D eigenvalue weighted by Crippen LogP contribution is 2.27. The van der Waals surface area contributed by atoms with E-state index < -0.39 is 28.3 Å². The van der Waals surface area contributed by atoms with Crippen LogP contribution < -0.4 is 10.1 Å². The van der Waals surface area contributed by atoms with Crippen molar-refractivity contribution in [1.82, 2.24) is 4.31 Å². The fourth-order valence-corrected chi connectivity index (χ4v) is 3.92. The maximum absolute atomic E-state index is 13.8. The highest BCUT2D eigenvalue weighted by Gasteiger charge is 2.26. The van der Waals surface area contributed by atoms with E-state index in [1.807, 2.05) is 0 Å². The molecule has 0 bridgehead atoms. The number of rotatable bonds is 6. The van der Waals surface area contributed by atoms with E-state index in [2.05, 4.69) is 21.2 Å². The lowest BCUT2D eigenvalue weighted by molar-refractivity contribution is -0.116. The largest absolute Gasteiger partial charge is 0.495 e. The summed E-state index contributed by atoms with van der Waals surface area (Å²) in [6, 6.07) is 8.89. The molecule has 0 saturated heterocycles. The van der Waals surface area contributed by atoms with E-state index in [1.165, 1.54) is 32.4 Å². The first-order chi connectivity index (χ1) is 12.1. The lowest BCUT2D eigenvalue weighted by Crippen LogP contribution is -2.35. The number of anilines is 1. The van der Waals surface area contributed by atoms with Crippen molar-refractivity contribution in [2.75, 3.05) is 26.0 Å². The van der Waals surface area contributed by atoms with Crippen molar-refractivity contribution < 1.29 is 22.3 Å². The number of aryl methyl sites for hydroxylation is 1. The van der Waals surface area contributed by atoms with E-state index in [4.69, 9.17) is 4.74 Å². The third-order valence-corrected chi connectivity index (χ3v) is 5.90. The van der Waals surface area contributed by atoms with Crippen LogP contribution in [0.2, 0.25) is 0 Å². The second kappa shape index (κ2) is 8.15. The molecule has 9 heteroatoms. The average molecular weight is 445 g/mol. The minimum atomic E-state index is -3.96. The predicted molar refractivity (Wildman–Crippen MR) is 100 cm³/mol. The Morgan fingerprint density at radius 3 is 2.58 bits per heavy atom. The number of halogens is 2. The minimum Gasteiger partial charge on any atom is -0.495 e. The second-order valence-corrected chi connectivity index (χ2v) is 8.52. The van der Waals surface area contributed by atoms with Gasteiger partial charge in [0.15, 0.2) is 0 Å². The van der Waals surface area contributed by atoms with Gasteiger partial charge in [0.1, 0.15) is 16.5 Å². The van der Waals surface area contributed by atoms with Gasteiger partial charge in [0, 0.05) is 11.5 Å². The lowest BCUT2D eigenvalue weighted by atomic mass is 10.2. The topological polar surface area (TPSA) is 75.7 Å². The Labute approximate surface area is 160 Å². The first-order valence-electron chi connectivity index (χ1n) is 7.51. The zero-order valence-corrected chi connectivity index (χ0v) is 16.8. The van der Waals surface area contributed by atoms with E-state index in [0.717, 1.165) is 9.87 Å². The van der Waals surface area contributed by atoms with Gasteiger partial charge in [0.05, 0.1) is 19.3 Å². The van der Waals surface area contributed by atoms with Gasteiger partial charge >= 0.3 is 0 Å². The summed E-state index contributed by atoms with van der Waals surface area (Å²) in [7, 11) is -1.32. The molecule has 0 saturated carbocycles. The fraction of sp³-hybridized carbons (Fsp3) is 0.235. The van der Waals surface area contributed by atoms with Gasteiger partial charge in [0.25, 0.3) is 0 Å². The van der Waals surface area contributed by atoms with E-state index in [1.54, 1.807) is 25.1 Å². The number of likely N-dealkylation sites (N-methyl/N-ethyl adjacent to an activating group) is 1. The summed E-state index contributed by atoms with van der Waals surface area (Å²) in [4.78, 5) is 12.1. The van der Waals surface area contributed by atoms with Crippen molar-refractivity contribution in [3.05, 3.63) is 52.3 Å². The highest BCUT2D eigenvalue weighted by molar-refractivity contribution is 9.10. The van der Waals surface area contributed by atoms with Crippen LogP contribution in [0.1, 0.15) is 5.56 Å².